The quantitative estimate of drug-likeness (QED) is 0.360. The summed E-state index contributed by atoms with van der Waals surface area (Å²) in [4.78, 5) is 14.7. The Morgan fingerprint density at radius 2 is 1.90 bits per heavy atom. The van der Waals surface area contributed by atoms with Crippen LogP contribution in [0.25, 0.3) is 0 Å². The molecule has 0 aromatic rings. The molecule has 2 fully saturated rings. The van der Waals surface area contributed by atoms with Gasteiger partial charge in [0.25, 0.3) is 0 Å². The van der Waals surface area contributed by atoms with Crippen molar-refractivity contribution in [2.45, 2.75) is 77.7 Å². The van der Waals surface area contributed by atoms with Gasteiger partial charge in [-0.05, 0) is 46.0 Å². The first-order valence-electron chi connectivity index (χ1n) is 10.5. The number of aliphatic hydroxyl groups excluding tert-OH is 2. The summed E-state index contributed by atoms with van der Waals surface area (Å²) in [7, 11) is 0. The number of nitrogens with one attached hydrogen (secondary N) is 2. The molecule has 2 saturated heterocycles. The zero-order chi connectivity index (χ0) is 21.7. The van der Waals surface area contributed by atoms with Crippen molar-refractivity contribution in [3.63, 3.8) is 0 Å². The van der Waals surface area contributed by atoms with E-state index in [1.807, 2.05) is 18.7 Å². The van der Waals surface area contributed by atoms with Crippen LogP contribution in [0.4, 0.5) is 0 Å². The highest BCUT2D eigenvalue weighted by molar-refractivity contribution is 5.98. The summed E-state index contributed by atoms with van der Waals surface area (Å²) in [5.74, 6) is -0.702. The monoisotopic (exact) mass is 411 g/mol. The summed E-state index contributed by atoms with van der Waals surface area (Å²) in [6.07, 6.45) is 4.93. The normalized spacial score (nSPS) is 23.1. The maximum atomic E-state index is 12.7. The predicted molar refractivity (Wildman–Crippen MR) is 111 cm³/mol. The van der Waals surface area contributed by atoms with E-state index in [4.69, 9.17) is 14.9 Å². The summed E-state index contributed by atoms with van der Waals surface area (Å²) < 4.78 is 11.3. The second-order valence-electron chi connectivity index (χ2n) is 9.17. The van der Waals surface area contributed by atoms with Gasteiger partial charge in [-0.25, -0.2) is 0 Å². The average molecular weight is 412 g/mol. The molecule has 0 bridgehead atoms. The van der Waals surface area contributed by atoms with Crippen LogP contribution in [0.3, 0.4) is 0 Å². The second-order valence-corrected chi connectivity index (χ2v) is 9.17. The number of piperidine rings is 1. The van der Waals surface area contributed by atoms with Crippen molar-refractivity contribution in [1.82, 2.24) is 10.2 Å². The fourth-order valence-electron chi connectivity index (χ4n) is 3.43. The van der Waals surface area contributed by atoms with E-state index in [1.165, 1.54) is 6.08 Å². The molecule has 0 aromatic carbocycles. The minimum atomic E-state index is -0.832. The number of hydrogen-bond acceptors (Lipinski definition) is 7. The van der Waals surface area contributed by atoms with E-state index < -0.39 is 11.0 Å². The Bertz CT molecular complexity index is 603. The lowest BCUT2D eigenvalue weighted by Gasteiger charge is -2.40. The van der Waals surface area contributed by atoms with Gasteiger partial charge in [0.15, 0.2) is 12.2 Å². The number of aliphatic hydroxyl groups is 2. The van der Waals surface area contributed by atoms with E-state index in [0.29, 0.717) is 32.5 Å². The molecule has 29 heavy (non-hydrogen) atoms. The van der Waals surface area contributed by atoms with Gasteiger partial charge in [0.2, 0.25) is 5.91 Å². The van der Waals surface area contributed by atoms with E-state index in [0.717, 1.165) is 19.3 Å². The van der Waals surface area contributed by atoms with Gasteiger partial charge in [-0.15, -0.1) is 0 Å². The zero-order valence-corrected chi connectivity index (χ0v) is 18.2. The van der Waals surface area contributed by atoms with Crippen molar-refractivity contribution in [2.75, 3.05) is 26.3 Å². The highest BCUT2D eigenvalue weighted by Crippen LogP contribution is 2.23. The van der Waals surface area contributed by atoms with Crippen molar-refractivity contribution in [2.24, 2.45) is 5.41 Å². The average Bonchev–Trinajstić information content (AvgIpc) is 2.67. The fourth-order valence-corrected chi connectivity index (χ4v) is 3.43. The minimum absolute atomic E-state index is 0.157. The Balaban J connectivity index is 1.89. The number of amides is 1. The molecular weight excluding hydrogens is 374 g/mol. The van der Waals surface area contributed by atoms with E-state index in [1.54, 1.807) is 13.8 Å². The molecule has 2 rings (SSSR count). The fraction of sp³-hybridized carbons (Fsp3) is 0.810. The highest BCUT2D eigenvalue weighted by Gasteiger charge is 2.37. The Morgan fingerprint density at radius 1 is 1.24 bits per heavy atom. The molecule has 1 unspecified atom stereocenters. The van der Waals surface area contributed by atoms with Crippen LogP contribution in [0, 0.1) is 10.8 Å². The number of hydrogen-bond donors (Lipinski definition) is 4. The van der Waals surface area contributed by atoms with Gasteiger partial charge in [0, 0.05) is 36.9 Å². The van der Waals surface area contributed by atoms with Crippen molar-refractivity contribution >= 4 is 11.6 Å². The van der Waals surface area contributed by atoms with Crippen LogP contribution in [0.15, 0.2) is 12.0 Å². The van der Waals surface area contributed by atoms with Crippen LogP contribution in [-0.4, -0.2) is 71.0 Å². The largest absolute Gasteiger partial charge is 0.494 e. The number of allylic oxidation sites excluding steroid dienone is 1. The SMILES string of the molecule is CC(C)(COC1CCCCO1)C(=N)/C=C(\O)NC(=O)C(C)(C)N1CCC(O)CC1. The molecule has 0 spiro atoms. The Kier molecular flexibility index (Phi) is 8.22. The zero-order valence-electron chi connectivity index (χ0n) is 18.2. The molecule has 4 N–H and O–H groups in total. The highest BCUT2D eigenvalue weighted by atomic mass is 16.7. The van der Waals surface area contributed by atoms with E-state index in [9.17, 15) is 15.0 Å². The molecule has 0 radical (unpaired) electrons. The molecule has 2 aliphatic rings. The molecule has 2 heterocycles. The maximum absolute atomic E-state index is 12.7. The number of carbonyl (C=O) groups is 1. The molecule has 8 nitrogen and oxygen atoms in total. The van der Waals surface area contributed by atoms with E-state index in [2.05, 4.69) is 5.32 Å². The first-order valence-corrected chi connectivity index (χ1v) is 10.5. The van der Waals surface area contributed by atoms with Crippen molar-refractivity contribution in [3.8, 4) is 0 Å². The summed E-state index contributed by atoms with van der Waals surface area (Å²) in [5.41, 5.74) is -1.32. The molecule has 0 saturated carbocycles. The van der Waals surface area contributed by atoms with Gasteiger partial charge in [-0.1, -0.05) is 13.8 Å². The minimum Gasteiger partial charge on any atom is -0.494 e. The number of nitrogens with zero attached hydrogens (tertiary/aromatic N) is 1. The van der Waals surface area contributed by atoms with Crippen LogP contribution >= 0.6 is 0 Å². The molecule has 8 heteroatoms. The Labute approximate surface area is 173 Å². The van der Waals surface area contributed by atoms with Gasteiger partial charge < -0.3 is 25.1 Å². The lowest BCUT2D eigenvalue weighted by Crippen LogP contribution is -2.57. The lowest BCUT2D eigenvalue weighted by molar-refractivity contribution is -0.171. The lowest BCUT2D eigenvalue weighted by atomic mass is 9.88. The third-order valence-electron chi connectivity index (χ3n) is 5.83. The van der Waals surface area contributed by atoms with E-state index >= 15 is 0 Å². The predicted octanol–water partition coefficient (Wildman–Crippen LogP) is 2.33. The summed E-state index contributed by atoms with van der Waals surface area (Å²) in [5, 5.41) is 30.7. The Morgan fingerprint density at radius 3 is 2.48 bits per heavy atom. The molecule has 0 aliphatic carbocycles. The van der Waals surface area contributed by atoms with Crippen LogP contribution in [0.5, 0.6) is 0 Å². The van der Waals surface area contributed by atoms with Crippen LogP contribution in [0.1, 0.15) is 59.8 Å². The van der Waals surface area contributed by atoms with Crippen molar-refractivity contribution in [3.05, 3.63) is 12.0 Å². The molecule has 1 amide bonds. The van der Waals surface area contributed by atoms with Crippen LogP contribution in [-0.2, 0) is 14.3 Å². The first-order chi connectivity index (χ1) is 13.5. The topological polar surface area (TPSA) is 115 Å². The van der Waals surface area contributed by atoms with Crippen LogP contribution in [0.2, 0.25) is 0 Å². The third kappa shape index (κ3) is 6.77. The third-order valence-corrected chi connectivity index (χ3v) is 5.83. The van der Waals surface area contributed by atoms with Crippen molar-refractivity contribution < 1.29 is 24.5 Å². The van der Waals surface area contributed by atoms with Crippen molar-refractivity contribution in [1.29, 1.82) is 5.41 Å². The smallest absolute Gasteiger partial charge is 0.246 e. The number of rotatable bonds is 8. The van der Waals surface area contributed by atoms with E-state index in [-0.39, 0.29) is 36.5 Å². The standard InChI is InChI=1S/C21H37N3O5/c1-20(2,14-29-18-7-5-6-12-28-18)16(22)13-17(26)23-19(27)21(3,4)24-10-8-15(25)9-11-24/h13,15,18,22,25-26H,5-12,14H2,1-4H3,(H,23,27)/b17-13-,22-16?. The Hall–Kier alpha value is -1.48. The van der Waals surface area contributed by atoms with Gasteiger partial charge >= 0.3 is 0 Å². The molecule has 0 aromatic heterocycles. The summed E-state index contributed by atoms with van der Waals surface area (Å²) >= 11 is 0. The molecule has 166 valence electrons. The van der Waals surface area contributed by atoms with Gasteiger partial charge in [0.1, 0.15) is 0 Å². The maximum Gasteiger partial charge on any atom is 0.246 e. The number of ether oxygens (including phenoxy) is 2. The van der Waals surface area contributed by atoms with Gasteiger partial charge in [-0.3, -0.25) is 15.0 Å². The molecular formula is C21H37N3O5. The van der Waals surface area contributed by atoms with Crippen LogP contribution < -0.4 is 5.32 Å². The molecule has 2 aliphatic heterocycles. The molecule has 1 atom stereocenters. The summed E-state index contributed by atoms with van der Waals surface area (Å²) in [6, 6.07) is 0. The summed E-state index contributed by atoms with van der Waals surface area (Å²) in [6.45, 7) is 9.52. The number of likely N-dealkylation sites (tertiary alicyclic amines) is 1. The van der Waals surface area contributed by atoms with Gasteiger partial charge in [-0.2, -0.15) is 0 Å². The van der Waals surface area contributed by atoms with Gasteiger partial charge in [0.05, 0.1) is 18.2 Å². The number of carbonyl (C=O) groups excluding carboxylic acids is 1. The first kappa shape index (κ1) is 23.8. The second kappa shape index (κ2) is 10.0.